The number of aromatic hydroxyl groups is 1. The molecule has 2 aliphatic rings. The van der Waals surface area contributed by atoms with Crippen molar-refractivity contribution in [2.45, 2.75) is 57.8 Å². The van der Waals surface area contributed by atoms with Gasteiger partial charge >= 0.3 is 5.69 Å². The number of aromatic nitrogens is 5. The standard InChI is InChI=1S/C39H40FN7O4/c1-25-5-12-36-43-30(24-45(36)22-25)21-41-29-6-8-31(9-7-29)47-38(49)35-19-28(40)20-42-37(35)46(39(47)50)32-4-2-3-26(17-32)34-11-10-33(48)18-27(34)23-44-13-15-51-16-14-44/h2-5,10-12,17-20,22,24,29,31,41,48H,6-9,13-16,21,23H2,1H3. The Kier molecular flexibility index (Phi) is 8.97. The predicted octanol–water partition coefficient (Wildman–Crippen LogP) is 5.12. The molecule has 4 aromatic heterocycles. The lowest BCUT2D eigenvalue weighted by Gasteiger charge is -2.30. The Hall–Kier alpha value is -5.17. The number of nitrogens with zero attached hydrogens (tertiary/aromatic N) is 6. The summed E-state index contributed by atoms with van der Waals surface area (Å²) in [7, 11) is 0. The van der Waals surface area contributed by atoms with Crippen molar-refractivity contribution in [1.29, 1.82) is 0 Å². The third kappa shape index (κ3) is 6.69. The Balaban J connectivity index is 1.09. The summed E-state index contributed by atoms with van der Waals surface area (Å²) in [4.78, 5) is 39.6. The van der Waals surface area contributed by atoms with E-state index in [1.807, 2.05) is 47.0 Å². The van der Waals surface area contributed by atoms with Crippen LogP contribution in [0.15, 0.2) is 88.8 Å². The highest BCUT2D eigenvalue weighted by atomic mass is 19.1. The summed E-state index contributed by atoms with van der Waals surface area (Å²) >= 11 is 0. The number of morpholine rings is 1. The molecule has 1 aliphatic carbocycles. The summed E-state index contributed by atoms with van der Waals surface area (Å²) < 4.78 is 24.9. The minimum absolute atomic E-state index is 0.0555. The number of rotatable bonds is 8. The molecule has 0 unspecified atom stereocenters. The van der Waals surface area contributed by atoms with Gasteiger partial charge in [-0.15, -0.1) is 0 Å². The van der Waals surface area contributed by atoms with Gasteiger partial charge in [0.2, 0.25) is 0 Å². The van der Waals surface area contributed by atoms with E-state index in [-0.39, 0.29) is 28.9 Å². The number of benzene rings is 2. The minimum atomic E-state index is -0.642. The zero-order chi connectivity index (χ0) is 35.1. The van der Waals surface area contributed by atoms with E-state index in [4.69, 9.17) is 9.72 Å². The fourth-order valence-electron chi connectivity index (χ4n) is 7.57. The van der Waals surface area contributed by atoms with Gasteiger partial charge in [0.25, 0.3) is 5.56 Å². The first-order valence-corrected chi connectivity index (χ1v) is 17.5. The van der Waals surface area contributed by atoms with E-state index in [0.29, 0.717) is 44.8 Å². The summed E-state index contributed by atoms with van der Waals surface area (Å²) in [6.45, 7) is 6.20. The van der Waals surface area contributed by atoms with Crippen LogP contribution in [0.2, 0.25) is 0 Å². The van der Waals surface area contributed by atoms with Crippen molar-refractivity contribution in [3.63, 3.8) is 0 Å². The van der Waals surface area contributed by atoms with Crippen LogP contribution in [0.1, 0.15) is 48.5 Å². The first-order chi connectivity index (χ1) is 24.8. The van der Waals surface area contributed by atoms with Crippen LogP contribution in [0.5, 0.6) is 5.75 Å². The highest BCUT2D eigenvalue weighted by Crippen LogP contribution is 2.31. The number of phenolic OH excluding ortho intramolecular Hbond substituents is 1. The molecule has 2 N–H and O–H groups in total. The number of aryl methyl sites for hydroxylation is 1. The van der Waals surface area contributed by atoms with Crippen LogP contribution in [-0.4, -0.2) is 65.9 Å². The van der Waals surface area contributed by atoms with Gasteiger partial charge in [-0.3, -0.25) is 14.3 Å². The van der Waals surface area contributed by atoms with E-state index < -0.39 is 17.1 Å². The largest absolute Gasteiger partial charge is 0.508 e. The molecule has 51 heavy (non-hydrogen) atoms. The summed E-state index contributed by atoms with van der Waals surface area (Å²) in [5, 5.41) is 14.0. The van der Waals surface area contributed by atoms with E-state index in [1.165, 1.54) is 15.2 Å². The van der Waals surface area contributed by atoms with Crippen LogP contribution in [0, 0.1) is 12.7 Å². The minimum Gasteiger partial charge on any atom is -0.508 e. The maximum atomic E-state index is 14.6. The third-order valence-corrected chi connectivity index (χ3v) is 10.2. The molecule has 8 rings (SSSR count). The van der Waals surface area contributed by atoms with E-state index >= 15 is 0 Å². The molecule has 6 aromatic rings. The van der Waals surface area contributed by atoms with Gasteiger partial charge in [-0.2, -0.15) is 0 Å². The summed E-state index contributed by atoms with van der Waals surface area (Å²) in [6, 6.07) is 17.9. The lowest BCUT2D eigenvalue weighted by atomic mass is 9.91. The van der Waals surface area contributed by atoms with Gasteiger partial charge < -0.3 is 19.6 Å². The molecule has 0 bridgehead atoms. The highest BCUT2D eigenvalue weighted by molar-refractivity contribution is 5.77. The molecule has 2 fully saturated rings. The van der Waals surface area contributed by atoms with E-state index in [0.717, 1.165) is 65.7 Å². The molecule has 1 saturated heterocycles. The van der Waals surface area contributed by atoms with Crippen molar-refractivity contribution in [1.82, 2.24) is 33.7 Å². The Morgan fingerprint density at radius 2 is 1.80 bits per heavy atom. The van der Waals surface area contributed by atoms with Crippen LogP contribution in [0.4, 0.5) is 4.39 Å². The number of phenols is 1. The molecule has 0 atom stereocenters. The smallest absolute Gasteiger partial charge is 0.337 e. The second kappa shape index (κ2) is 13.9. The molecule has 0 amide bonds. The second-order valence-corrected chi connectivity index (χ2v) is 13.7. The molecule has 5 heterocycles. The van der Waals surface area contributed by atoms with Crippen LogP contribution < -0.4 is 16.6 Å². The average molecular weight is 690 g/mol. The molecular weight excluding hydrogens is 649 g/mol. The van der Waals surface area contributed by atoms with E-state index in [1.54, 1.807) is 18.2 Å². The number of nitrogens with one attached hydrogen (secondary N) is 1. The van der Waals surface area contributed by atoms with Crippen LogP contribution in [-0.2, 0) is 17.8 Å². The number of fused-ring (bicyclic) bond motifs is 2. The second-order valence-electron chi connectivity index (χ2n) is 13.7. The van der Waals surface area contributed by atoms with Gasteiger partial charge in [0, 0.05) is 50.7 Å². The van der Waals surface area contributed by atoms with Gasteiger partial charge in [-0.05, 0) is 91.3 Å². The molecule has 1 saturated carbocycles. The van der Waals surface area contributed by atoms with Crippen molar-refractivity contribution in [2.75, 3.05) is 26.3 Å². The third-order valence-electron chi connectivity index (χ3n) is 10.2. The van der Waals surface area contributed by atoms with Crippen molar-refractivity contribution in [2.24, 2.45) is 0 Å². The lowest BCUT2D eigenvalue weighted by Crippen LogP contribution is -2.44. The normalized spacial score (nSPS) is 18.5. The number of pyridine rings is 2. The number of ether oxygens (including phenoxy) is 1. The van der Waals surface area contributed by atoms with Crippen molar-refractivity contribution in [3.8, 4) is 22.6 Å². The van der Waals surface area contributed by atoms with E-state index in [9.17, 15) is 19.1 Å². The monoisotopic (exact) mass is 689 g/mol. The predicted molar refractivity (Wildman–Crippen MR) is 193 cm³/mol. The van der Waals surface area contributed by atoms with Gasteiger partial charge in [-0.1, -0.05) is 24.3 Å². The fourth-order valence-corrected chi connectivity index (χ4v) is 7.57. The number of halogens is 1. The summed E-state index contributed by atoms with van der Waals surface area (Å²) in [5.74, 6) is -0.467. The van der Waals surface area contributed by atoms with Crippen molar-refractivity contribution in [3.05, 3.63) is 123 Å². The van der Waals surface area contributed by atoms with Crippen molar-refractivity contribution < 1.29 is 14.2 Å². The maximum absolute atomic E-state index is 14.6. The lowest BCUT2D eigenvalue weighted by molar-refractivity contribution is 0.0342. The van der Waals surface area contributed by atoms with Gasteiger partial charge in [0.1, 0.15) is 17.2 Å². The van der Waals surface area contributed by atoms with Gasteiger partial charge in [-0.25, -0.2) is 23.7 Å². The fraction of sp³-hybridized carbons (Fsp3) is 0.333. The van der Waals surface area contributed by atoms with Crippen molar-refractivity contribution >= 4 is 16.7 Å². The molecule has 11 nitrogen and oxygen atoms in total. The van der Waals surface area contributed by atoms with Gasteiger partial charge in [0.05, 0.1) is 36.2 Å². The topological polar surface area (TPSA) is 119 Å². The molecule has 12 heteroatoms. The first kappa shape index (κ1) is 33.0. The average Bonchev–Trinajstić information content (AvgIpc) is 3.54. The summed E-state index contributed by atoms with van der Waals surface area (Å²) in [6.07, 6.45) is 7.89. The number of imidazole rings is 1. The van der Waals surface area contributed by atoms with Gasteiger partial charge in [0.15, 0.2) is 5.65 Å². The molecular formula is C39H40FN7O4. The molecule has 2 aromatic carbocycles. The van der Waals surface area contributed by atoms with E-state index in [2.05, 4.69) is 28.3 Å². The zero-order valence-corrected chi connectivity index (χ0v) is 28.5. The summed E-state index contributed by atoms with van der Waals surface area (Å²) in [5.41, 5.74) is 5.30. The quantitative estimate of drug-likeness (QED) is 0.226. The molecule has 1 aliphatic heterocycles. The van der Waals surface area contributed by atoms with Crippen LogP contribution >= 0.6 is 0 Å². The number of hydrogen-bond donors (Lipinski definition) is 2. The zero-order valence-electron chi connectivity index (χ0n) is 28.5. The molecule has 262 valence electrons. The molecule has 0 spiro atoms. The van der Waals surface area contributed by atoms with Crippen LogP contribution in [0.25, 0.3) is 33.5 Å². The number of hydrogen-bond acceptors (Lipinski definition) is 8. The Labute approximate surface area is 293 Å². The first-order valence-electron chi connectivity index (χ1n) is 17.5. The Morgan fingerprint density at radius 3 is 2.63 bits per heavy atom. The maximum Gasteiger partial charge on any atom is 0.337 e. The Morgan fingerprint density at radius 1 is 0.980 bits per heavy atom. The van der Waals surface area contributed by atoms with Crippen LogP contribution in [0.3, 0.4) is 0 Å². The SMILES string of the molecule is Cc1ccc2nc(CNC3CCC(n4c(=O)c5cc(F)cnc5n(-c5cccc(-c6ccc(O)cc6CN6CCOCC6)c5)c4=O)CC3)cn2c1. The Bertz CT molecular complexity index is 2350. The molecule has 0 radical (unpaired) electrons. The highest BCUT2D eigenvalue weighted by Gasteiger charge is 2.27.